The Hall–Kier alpha value is 0.180. The van der Waals surface area contributed by atoms with Crippen molar-refractivity contribution in [1.29, 1.82) is 0 Å². The Morgan fingerprint density at radius 1 is 1.50 bits per heavy atom. The largest absolute Gasteiger partial charge is 0.327 e. The number of hydrogen-bond acceptors (Lipinski definition) is 1. The fourth-order valence-electron chi connectivity index (χ4n) is 0.351. The molecule has 0 saturated heterocycles. The van der Waals surface area contributed by atoms with Gasteiger partial charge in [-0.25, -0.2) is 0 Å². The first-order chi connectivity index (χ1) is 3.27. The summed E-state index contributed by atoms with van der Waals surface area (Å²) in [4.78, 5) is 0. The maximum Gasteiger partial charge on any atom is 0.0106 e. The Balaban J connectivity index is 0. The van der Waals surface area contributed by atoms with E-state index < -0.39 is 0 Å². The second kappa shape index (κ2) is 7.18. The summed E-state index contributed by atoms with van der Waals surface area (Å²) in [5.41, 5.74) is 5.19. The third-order valence-electron chi connectivity index (χ3n) is 0.657. The molecule has 0 rings (SSSR count). The monoisotopic (exact) mass is 179 g/mol. The summed E-state index contributed by atoms with van der Waals surface area (Å²) < 4.78 is 0. The van der Waals surface area contributed by atoms with Gasteiger partial charge in [-0.1, -0.05) is 26.0 Å². The minimum Gasteiger partial charge on any atom is -0.327 e. The van der Waals surface area contributed by atoms with Crippen LogP contribution in [0, 0.1) is 5.92 Å². The summed E-state index contributed by atoms with van der Waals surface area (Å²) in [6, 6.07) is 0. The van der Waals surface area contributed by atoms with E-state index in [1.165, 1.54) is 0 Å². The molecule has 0 spiro atoms. The van der Waals surface area contributed by atoms with Crippen LogP contribution in [-0.2, 0) is 0 Å². The molecule has 0 amide bonds. The van der Waals surface area contributed by atoms with Gasteiger partial charge in [-0.15, -0.1) is 17.0 Å². The molecule has 2 N–H and O–H groups in total. The molecule has 0 fully saturated rings. The van der Waals surface area contributed by atoms with Gasteiger partial charge in [-0.05, 0) is 5.92 Å². The molecule has 0 aromatic heterocycles. The van der Waals surface area contributed by atoms with Gasteiger partial charge in [0.15, 0.2) is 0 Å². The van der Waals surface area contributed by atoms with Crippen molar-refractivity contribution < 1.29 is 0 Å². The number of allylic oxidation sites excluding steroid dienone is 1. The van der Waals surface area contributed by atoms with Crippen LogP contribution in [0.5, 0.6) is 0 Å². The van der Waals surface area contributed by atoms with Crippen molar-refractivity contribution in [3.8, 4) is 0 Å². The highest BCUT2D eigenvalue weighted by Crippen LogP contribution is 1.90. The summed E-state index contributed by atoms with van der Waals surface area (Å²) >= 11 is 0. The maximum atomic E-state index is 5.19. The molecule has 0 aliphatic carbocycles. The molecule has 8 heavy (non-hydrogen) atoms. The van der Waals surface area contributed by atoms with Crippen molar-refractivity contribution >= 4 is 17.0 Å². The van der Waals surface area contributed by atoms with E-state index in [-0.39, 0.29) is 17.0 Å². The summed E-state index contributed by atoms with van der Waals surface area (Å²) in [7, 11) is 0. The highest BCUT2D eigenvalue weighted by Gasteiger charge is 1.78. The smallest absolute Gasteiger partial charge is 0.0106 e. The van der Waals surface area contributed by atoms with Crippen molar-refractivity contribution in [3.63, 3.8) is 0 Å². The molecule has 1 nitrogen and oxygen atoms in total. The first kappa shape index (κ1) is 11.0. The summed E-state index contributed by atoms with van der Waals surface area (Å²) in [6.07, 6.45) is 4.07. The first-order valence-electron chi connectivity index (χ1n) is 2.64. The van der Waals surface area contributed by atoms with E-state index in [2.05, 4.69) is 19.9 Å². The third kappa shape index (κ3) is 9.49. The Morgan fingerprint density at radius 3 is 2.12 bits per heavy atom. The van der Waals surface area contributed by atoms with Crippen molar-refractivity contribution in [2.45, 2.75) is 13.8 Å². The number of hydrogen-bond donors (Lipinski definition) is 1. The molecule has 0 bridgehead atoms. The molecule has 0 heterocycles. The van der Waals surface area contributed by atoms with Gasteiger partial charge in [0.1, 0.15) is 0 Å². The summed E-state index contributed by atoms with van der Waals surface area (Å²) in [6.45, 7) is 4.93. The lowest BCUT2D eigenvalue weighted by molar-refractivity contribution is 0.828. The summed E-state index contributed by atoms with van der Waals surface area (Å²) in [5.74, 6) is 0.642. The highest BCUT2D eigenvalue weighted by molar-refractivity contribution is 8.93. The summed E-state index contributed by atoms with van der Waals surface area (Å²) in [5, 5.41) is 0. The zero-order valence-electron chi connectivity index (χ0n) is 5.42. The van der Waals surface area contributed by atoms with Crippen LogP contribution in [0.25, 0.3) is 0 Å². The van der Waals surface area contributed by atoms with Crippen LogP contribution in [0.1, 0.15) is 13.8 Å². The Morgan fingerprint density at radius 2 is 2.00 bits per heavy atom. The van der Waals surface area contributed by atoms with Crippen molar-refractivity contribution in [2.75, 3.05) is 6.54 Å². The molecule has 0 aliphatic heterocycles. The van der Waals surface area contributed by atoms with E-state index in [0.29, 0.717) is 12.5 Å². The van der Waals surface area contributed by atoms with E-state index in [4.69, 9.17) is 5.73 Å². The Labute approximate surface area is 61.7 Å². The fourth-order valence-corrected chi connectivity index (χ4v) is 0.351. The van der Waals surface area contributed by atoms with Gasteiger partial charge in [0.2, 0.25) is 0 Å². The lowest BCUT2D eigenvalue weighted by Gasteiger charge is -1.89. The van der Waals surface area contributed by atoms with Crippen molar-refractivity contribution in [3.05, 3.63) is 12.2 Å². The van der Waals surface area contributed by atoms with Gasteiger partial charge >= 0.3 is 0 Å². The highest BCUT2D eigenvalue weighted by atomic mass is 79.9. The molecule has 2 heteroatoms. The van der Waals surface area contributed by atoms with Gasteiger partial charge in [0.25, 0.3) is 0 Å². The first-order valence-corrected chi connectivity index (χ1v) is 2.64. The number of nitrogens with two attached hydrogens (primary N) is 1. The predicted octanol–water partition coefficient (Wildman–Crippen LogP) is 1.74. The van der Waals surface area contributed by atoms with Crippen LogP contribution in [0.3, 0.4) is 0 Å². The molecule has 0 atom stereocenters. The van der Waals surface area contributed by atoms with E-state index >= 15 is 0 Å². The molecule has 0 unspecified atom stereocenters. The van der Waals surface area contributed by atoms with Crippen LogP contribution in [-0.4, -0.2) is 6.54 Å². The van der Waals surface area contributed by atoms with Gasteiger partial charge in [-0.2, -0.15) is 0 Å². The molecule has 0 aliphatic rings. The second-order valence-electron chi connectivity index (χ2n) is 1.91. The van der Waals surface area contributed by atoms with Gasteiger partial charge < -0.3 is 5.73 Å². The lowest BCUT2D eigenvalue weighted by Crippen LogP contribution is -1.93. The van der Waals surface area contributed by atoms with Gasteiger partial charge in [0, 0.05) is 6.54 Å². The fraction of sp³-hybridized carbons (Fsp3) is 0.667. The lowest BCUT2D eigenvalue weighted by atomic mass is 10.2. The van der Waals surface area contributed by atoms with Gasteiger partial charge in [0.05, 0.1) is 0 Å². The van der Waals surface area contributed by atoms with Crippen LogP contribution in [0.4, 0.5) is 0 Å². The Bertz CT molecular complexity index is 59.5. The normalized spacial score (nSPS) is 10.0. The zero-order chi connectivity index (χ0) is 5.70. The topological polar surface area (TPSA) is 26.0 Å². The third-order valence-corrected chi connectivity index (χ3v) is 0.657. The molecular weight excluding hydrogens is 166 g/mol. The Kier molecular flexibility index (Phi) is 9.91. The van der Waals surface area contributed by atoms with Crippen LogP contribution in [0.2, 0.25) is 0 Å². The van der Waals surface area contributed by atoms with E-state index in [9.17, 15) is 0 Å². The minimum absolute atomic E-state index is 0. The molecule has 0 aromatic rings. The average molecular weight is 180 g/mol. The standard InChI is InChI=1S/C6H13N.BrH/c1-6(2)4-3-5-7;/h3-4,6H,5,7H2,1-2H3;1H. The maximum absolute atomic E-state index is 5.19. The van der Waals surface area contributed by atoms with Crippen LogP contribution < -0.4 is 5.73 Å². The van der Waals surface area contributed by atoms with Crippen molar-refractivity contribution in [1.82, 2.24) is 0 Å². The SMILES string of the molecule is Br.CC(C)C=CCN. The van der Waals surface area contributed by atoms with E-state index in [1.807, 2.05) is 6.08 Å². The molecule has 0 saturated carbocycles. The van der Waals surface area contributed by atoms with Gasteiger partial charge in [-0.3, -0.25) is 0 Å². The number of rotatable bonds is 2. The second-order valence-corrected chi connectivity index (χ2v) is 1.91. The minimum atomic E-state index is 0. The van der Waals surface area contributed by atoms with Crippen molar-refractivity contribution in [2.24, 2.45) is 11.7 Å². The molecule has 0 radical (unpaired) electrons. The number of halogens is 1. The predicted molar refractivity (Wildman–Crippen MR) is 43.4 cm³/mol. The molecule has 0 aromatic carbocycles. The van der Waals surface area contributed by atoms with Crippen LogP contribution in [0.15, 0.2) is 12.2 Å². The van der Waals surface area contributed by atoms with E-state index in [1.54, 1.807) is 0 Å². The zero-order valence-corrected chi connectivity index (χ0v) is 7.14. The molecule has 50 valence electrons. The van der Waals surface area contributed by atoms with E-state index in [0.717, 1.165) is 0 Å². The average Bonchev–Trinajstić information content (AvgIpc) is 1.61. The van der Waals surface area contributed by atoms with Crippen LogP contribution >= 0.6 is 17.0 Å². The quantitative estimate of drug-likeness (QED) is 0.643. The molecular formula is C6H14BrN.